The van der Waals surface area contributed by atoms with Crippen LogP contribution in [0.25, 0.3) is 0 Å². The second-order valence-electron chi connectivity index (χ2n) is 5.94. The molecule has 0 aromatic heterocycles. The van der Waals surface area contributed by atoms with Crippen molar-refractivity contribution >= 4 is 11.9 Å². The number of likely N-dealkylation sites (tertiary alicyclic amines) is 1. The molecule has 2 aliphatic rings. The van der Waals surface area contributed by atoms with Gasteiger partial charge < -0.3 is 15.3 Å². The van der Waals surface area contributed by atoms with Crippen LogP contribution in [0.2, 0.25) is 0 Å². The van der Waals surface area contributed by atoms with Crippen molar-refractivity contribution in [3.8, 4) is 0 Å². The van der Waals surface area contributed by atoms with Crippen LogP contribution in [0.3, 0.4) is 0 Å². The van der Waals surface area contributed by atoms with Gasteiger partial charge in [-0.05, 0) is 26.3 Å². The monoisotopic (exact) mass is 254 g/mol. The first kappa shape index (κ1) is 13.3. The van der Waals surface area contributed by atoms with Crippen molar-refractivity contribution in [3.63, 3.8) is 0 Å². The lowest BCUT2D eigenvalue weighted by Gasteiger charge is -2.46. The lowest BCUT2D eigenvalue weighted by Crippen LogP contribution is -2.59. The second kappa shape index (κ2) is 4.88. The summed E-state index contributed by atoms with van der Waals surface area (Å²) in [4.78, 5) is 25.1. The second-order valence-corrected chi connectivity index (χ2v) is 5.94. The molecule has 2 aliphatic heterocycles. The van der Waals surface area contributed by atoms with Crippen LogP contribution >= 0.6 is 0 Å². The number of carbonyl (C=O) groups is 2. The fourth-order valence-electron chi connectivity index (χ4n) is 2.82. The number of carboxylic acid groups (broad SMARTS) is 1. The lowest BCUT2D eigenvalue weighted by atomic mass is 9.78. The number of piperidine rings is 1. The van der Waals surface area contributed by atoms with Crippen molar-refractivity contribution in [2.45, 2.75) is 26.7 Å². The minimum atomic E-state index is -0.766. The molecule has 0 spiro atoms. The molecule has 2 atom stereocenters. The van der Waals surface area contributed by atoms with E-state index in [0.29, 0.717) is 13.1 Å². The van der Waals surface area contributed by atoms with Crippen LogP contribution in [0.5, 0.6) is 0 Å². The van der Waals surface area contributed by atoms with Gasteiger partial charge in [0.1, 0.15) is 0 Å². The van der Waals surface area contributed by atoms with Crippen molar-refractivity contribution in [1.29, 1.82) is 0 Å². The molecule has 0 aliphatic carbocycles. The van der Waals surface area contributed by atoms with Gasteiger partial charge in [0.25, 0.3) is 0 Å². The van der Waals surface area contributed by atoms with Gasteiger partial charge in [-0.25, -0.2) is 0 Å². The highest BCUT2D eigenvalue weighted by atomic mass is 16.4. The summed E-state index contributed by atoms with van der Waals surface area (Å²) in [6.07, 6.45) is 1.96. The third kappa shape index (κ3) is 2.36. The fraction of sp³-hybridized carbons (Fsp3) is 0.846. The van der Waals surface area contributed by atoms with Gasteiger partial charge in [0, 0.05) is 25.6 Å². The van der Waals surface area contributed by atoms with Crippen LogP contribution in [0.4, 0.5) is 0 Å². The summed E-state index contributed by atoms with van der Waals surface area (Å²) in [5.74, 6) is -0.820. The highest BCUT2D eigenvalue weighted by Gasteiger charge is 2.44. The molecule has 102 valence electrons. The Kier molecular flexibility index (Phi) is 3.61. The van der Waals surface area contributed by atoms with E-state index in [0.717, 1.165) is 25.9 Å². The van der Waals surface area contributed by atoms with Gasteiger partial charge in [-0.15, -0.1) is 0 Å². The molecule has 18 heavy (non-hydrogen) atoms. The quantitative estimate of drug-likeness (QED) is 0.772. The standard InChI is InChI=1S/C13H22N2O3/c1-9(11(16)17)10-6-15(7-10)12(18)13(2)4-3-5-14-8-13/h9-10,14H,3-8H2,1-2H3,(H,16,17). The predicted molar refractivity (Wildman–Crippen MR) is 67.1 cm³/mol. The summed E-state index contributed by atoms with van der Waals surface area (Å²) < 4.78 is 0. The van der Waals surface area contributed by atoms with E-state index in [-0.39, 0.29) is 23.2 Å². The average Bonchev–Trinajstić information content (AvgIpc) is 2.27. The Labute approximate surface area is 108 Å². The van der Waals surface area contributed by atoms with Gasteiger partial charge >= 0.3 is 5.97 Å². The zero-order chi connectivity index (χ0) is 13.3. The van der Waals surface area contributed by atoms with E-state index in [1.807, 2.05) is 11.8 Å². The zero-order valence-corrected chi connectivity index (χ0v) is 11.1. The molecule has 2 fully saturated rings. The molecule has 0 radical (unpaired) electrons. The minimum Gasteiger partial charge on any atom is -0.481 e. The Balaban J connectivity index is 1.88. The maximum Gasteiger partial charge on any atom is 0.306 e. The average molecular weight is 254 g/mol. The summed E-state index contributed by atoms with van der Waals surface area (Å²) in [7, 11) is 0. The maximum absolute atomic E-state index is 12.4. The van der Waals surface area contributed by atoms with Crippen LogP contribution in [0, 0.1) is 17.3 Å². The summed E-state index contributed by atoms with van der Waals surface area (Å²) in [6.45, 7) is 6.65. The predicted octanol–water partition coefficient (Wildman–Crippen LogP) is 0.555. The van der Waals surface area contributed by atoms with Crippen LogP contribution in [0.1, 0.15) is 26.7 Å². The number of carboxylic acids is 1. The number of nitrogens with one attached hydrogen (secondary N) is 1. The van der Waals surface area contributed by atoms with Gasteiger partial charge in [-0.3, -0.25) is 9.59 Å². The molecule has 0 aromatic carbocycles. The SMILES string of the molecule is CC(C(=O)O)C1CN(C(=O)C2(C)CCCNC2)C1. The Morgan fingerprint density at radius 3 is 2.61 bits per heavy atom. The van der Waals surface area contributed by atoms with E-state index in [9.17, 15) is 9.59 Å². The van der Waals surface area contributed by atoms with E-state index in [1.54, 1.807) is 6.92 Å². The van der Waals surface area contributed by atoms with Crippen LogP contribution in [-0.4, -0.2) is 48.1 Å². The number of hydrogen-bond donors (Lipinski definition) is 2. The zero-order valence-electron chi connectivity index (χ0n) is 11.1. The topological polar surface area (TPSA) is 69.6 Å². The minimum absolute atomic E-state index is 0.117. The molecule has 2 N–H and O–H groups in total. The molecule has 2 heterocycles. The van der Waals surface area contributed by atoms with Gasteiger partial charge in [0.2, 0.25) is 5.91 Å². The maximum atomic E-state index is 12.4. The summed E-state index contributed by atoms with van der Waals surface area (Å²) >= 11 is 0. The van der Waals surface area contributed by atoms with Crippen molar-refractivity contribution in [2.24, 2.45) is 17.3 Å². The molecule has 2 unspecified atom stereocenters. The number of hydrogen-bond acceptors (Lipinski definition) is 3. The summed E-state index contributed by atoms with van der Waals surface area (Å²) in [5.41, 5.74) is -0.296. The highest BCUT2D eigenvalue weighted by Crippen LogP contribution is 2.33. The van der Waals surface area contributed by atoms with Gasteiger partial charge in [-0.2, -0.15) is 0 Å². The third-order valence-corrected chi connectivity index (χ3v) is 4.41. The van der Waals surface area contributed by atoms with Crippen molar-refractivity contribution in [3.05, 3.63) is 0 Å². The highest BCUT2D eigenvalue weighted by molar-refractivity contribution is 5.83. The lowest BCUT2D eigenvalue weighted by molar-refractivity contribution is -0.156. The molecule has 5 nitrogen and oxygen atoms in total. The Bertz CT molecular complexity index is 344. The Morgan fingerprint density at radius 1 is 1.44 bits per heavy atom. The molecule has 2 rings (SSSR count). The molecule has 2 saturated heterocycles. The smallest absolute Gasteiger partial charge is 0.306 e. The van der Waals surface area contributed by atoms with E-state index in [1.165, 1.54) is 0 Å². The molecule has 1 amide bonds. The normalized spacial score (nSPS) is 30.7. The van der Waals surface area contributed by atoms with E-state index in [2.05, 4.69) is 5.32 Å². The molecule has 0 saturated carbocycles. The Hall–Kier alpha value is -1.10. The van der Waals surface area contributed by atoms with Gasteiger partial charge in [0.15, 0.2) is 0 Å². The number of aliphatic carboxylic acids is 1. The number of rotatable bonds is 3. The molecule has 5 heteroatoms. The Morgan fingerprint density at radius 2 is 2.11 bits per heavy atom. The van der Waals surface area contributed by atoms with Crippen LogP contribution in [0.15, 0.2) is 0 Å². The number of amides is 1. The summed E-state index contributed by atoms with van der Waals surface area (Å²) in [6, 6.07) is 0. The molecular formula is C13H22N2O3. The van der Waals surface area contributed by atoms with E-state index >= 15 is 0 Å². The van der Waals surface area contributed by atoms with Gasteiger partial charge in [-0.1, -0.05) is 6.92 Å². The van der Waals surface area contributed by atoms with E-state index < -0.39 is 5.97 Å². The van der Waals surface area contributed by atoms with Crippen molar-refractivity contribution in [2.75, 3.05) is 26.2 Å². The first-order valence-corrected chi connectivity index (χ1v) is 6.67. The van der Waals surface area contributed by atoms with Crippen LogP contribution < -0.4 is 5.32 Å². The fourth-order valence-corrected chi connectivity index (χ4v) is 2.82. The van der Waals surface area contributed by atoms with Crippen molar-refractivity contribution in [1.82, 2.24) is 10.2 Å². The van der Waals surface area contributed by atoms with Crippen molar-refractivity contribution < 1.29 is 14.7 Å². The largest absolute Gasteiger partial charge is 0.481 e. The number of carbonyl (C=O) groups excluding carboxylic acids is 1. The molecule has 0 aromatic rings. The molecular weight excluding hydrogens is 232 g/mol. The first-order valence-electron chi connectivity index (χ1n) is 6.67. The van der Waals surface area contributed by atoms with Gasteiger partial charge in [0.05, 0.1) is 11.3 Å². The first-order chi connectivity index (χ1) is 8.44. The van der Waals surface area contributed by atoms with Crippen LogP contribution in [-0.2, 0) is 9.59 Å². The molecule has 0 bridgehead atoms. The van der Waals surface area contributed by atoms with E-state index in [4.69, 9.17) is 5.11 Å². The number of nitrogens with zero attached hydrogens (tertiary/aromatic N) is 1. The summed E-state index contributed by atoms with van der Waals surface area (Å²) in [5, 5.41) is 12.2. The third-order valence-electron chi connectivity index (χ3n) is 4.41.